The molecule has 2 amide bonds. The monoisotopic (exact) mass is 539 g/mol. The van der Waals surface area contributed by atoms with E-state index in [9.17, 15) is 14.4 Å². The number of halogens is 2. The number of pyridine rings is 1. The maximum Gasteiger partial charge on any atom is 0.259 e. The van der Waals surface area contributed by atoms with Gasteiger partial charge in [0, 0.05) is 41.5 Å². The van der Waals surface area contributed by atoms with E-state index in [0.717, 1.165) is 25.9 Å². The Bertz CT molecular complexity index is 1320. The van der Waals surface area contributed by atoms with Gasteiger partial charge in [0.15, 0.2) is 6.29 Å². The van der Waals surface area contributed by atoms with Crippen molar-refractivity contribution in [3.63, 3.8) is 0 Å². The van der Waals surface area contributed by atoms with Crippen LogP contribution >= 0.6 is 23.2 Å². The van der Waals surface area contributed by atoms with Crippen molar-refractivity contribution in [1.29, 1.82) is 5.41 Å². The van der Waals surface area contributed by atoms with Crippen molar-refractivity contribution in [3.8, 4) is 5.75 Å². The maximum atomic E-state index is 13.1. The lowest BCUT2D eigenvalue weighted by molar-refractivity contribution is -0.109. The molecule has 37 heavy (non-hydrogen) atoms. The van der Waals surface area contributed by atoms with E-state index in [0.29, 0.717) is 28.3 Å². The van der Waals surface area contributed by atoms with Gasteiger partial charge in [0.05, 0.1) is 16.3 Å². The number of hydrogen-bond donors (Lipinski definition) is 3. The Morgan fingerprint density at radius 1 is 0.973 bits per heavy atom. The van der Waals surface area contributed by atoms with Crippen molar-refractivity contribution in [3.05, 3.63) is 81.5 Å². The van der Waals surface area contributed by atoms with Crippen LogP contribution in [0.15, 0.2) is 54.7 Å². The zero-order valence-electron chi connectivity index (χ0n) is 19.6. The van der Waals surface area contributed by atoms with Gasteiger partial charge in [0.25, 0.3) is 11.8 Å². The molecule has 1 saturated heterocycles. The molecule has 3 N–H and O–H groups in total. The van der Waals surface area contributed by atoms with Crippen molar-refractivity contribution in [2.24, 2.45) is 0 Å². The maximum absolute atomic E-state index is 13.1. The molecular weight excluding hydrogens is 517 g/mol. The molecule has 1 fully saturated rings. The van der Waals surface area contributed by atoms with Crippen molar-refractivity contribution in [2.45, 2.75) is 12.8 Å². The van der Waals surface area contributed by atoms with Crippen LogP contribution < -0.4 is 15.4 Å². The molecule has 2 heterocycles. The van der Waals surface area contributed by atoms with Gasteiger partial charge in [-0.3, -0.25) is 19.8 Å². The first kappa shape index (κ1) is 26.1. The molecule has 0 saturated carbocycles. The lowest BCUT2D eigenvalue weighted by Crippen LogP contribution is -2.27. The molecule has 4 rings (SSSR count). The number of nitrogens with zero attached hydrogens (tertiary/aromatic N) is 2. The van der Waals surface area contributed by atoms with Gasteiger partial charge in [-0.25, -0.2) is 4.98 Å². The van der Waals surface area contributed by atoms with Gasteiger partial charge < -0.3 is 20.3 Å². The second-order valence-corrected chi connectivity index (χ2v) is 9.07. The highest BCUT2D eigenvalue weighted by atomic mass is 35.5. The van der Waals surface area contributed by atoms with Crippen LogP contribution in [0.25, 0.3) is 0 Å². The summed E-state index contributed by atoms with van der Waals surface area (Å²) in [7, 11) is 0. The molecule has 0 atom stereocenters. The Morgan fingerprint density at radius 2 is 1.68 bits per heavy atom. The van der Waals surface area contributed by atoms with E-state index in [1.165, 1.54) is 24.4 Å². The van der Waals surface area contributed by atoms with Gasteiger partial charge in [0.1, 0.15) is 24.0 Å². The van der Waals surface area contributed by atoms with Gasteiger partial charge in [-0.15, -0.1) is 0 Å². The van der Waals surface area contributed by atoms with Crippen LogP contribution in [0, 0.1) is 5.41 Å². The molecule has 9 nitrogen and oxygen atoms in total. The minimum atomic E-state index is -0.613. The predicted molar refractivity (Wildman–Crippen MR) is 142 cm³/mol. The second kappa shape index (κ2) is 11.9. The largest absolute Gasteiger partial charge is 0.484 e. The molecule has 11 heteroatoms. The highest BCUT2D eigenvalue weighted by Crippen LogP contribution is 2.34. The minimum Gasteiger partial charge on any atom is -0.484 e. The van der Waals surface area contributed by atoms with Crippen LogP contribution in [-0.2, 0) is 4.79 Å². The van der Waals surface area contributed by atoms with Gasteiger partial charge in [-0.2, -0.15) is 0 Å². The van der Waals surface area contributed by atoms with E-state index in [4.69, 9.17) is 33.3 Å². The summed E-state index contributed by atoms with van der Waals surface area (Å²) in [5.74, 6) is -0.427. The number of amides is 2. The average molecular weight is 540 g/mol. The van der Waals surface area contributed by atoms with E-state index in [1.54, 1.807) is 30.3 Å². The molecule has 1 aliphatic heterocycles. The van der Waals surface area contributed by atoms with Crippen molar-refractivity contribution >= 4 is 58.6 Å². The number of benzene rings is 2. The summed E-state index contributed by atoms with van der Waals surface area (Å²) >= 11 is 12.1. The number of aromatic nitrogens is 1. The molecule has 0 aliphatic carbocycles. The van der Waals surface area contributed by atoms with Crippen molar-refractivity contribution in [1.82, 2.24) is 9.88 Å². The smallest absolute Gasteiger partial charge is 0.259 e. The molecule has 0 radical (unpaired) electrons. The summed E-state index contributed by atoms with van der Waals surface area (Å²) in [6.07, 6.45) is 4.03. The standard InChI is InChI=1S/C26H23Cl2N5O4/c27-18-7-8-22(30-15-18)31-26(36)20-13-19(28)14-21(37-12-11-34)23(20)32-25(35)17-5-3-16(4-6-17)24(29)33-9-1-2-10-33/h3-8,11,13-15,29H,1-2,9-10,12H2,(H,32,35)(H,30,31,36). The fourth-order valence-electron chi connectivity index (χ4n) is 3.85. The third kappa shape index (κ3) is 6.44. The van der Waals surface area contributed by atoms with E-state index < -0.39 is 11.8 Å². The third-order valence-corrected chi connectivity index (χ3v) is 6.11. The highest BCUT2D eigenvalue weighted by molar-refractivity contribution is 6.32. The van der Waals surface area contributed by atoms with Crippen molar-refractivity contribution < 1.29 is 19.1 Å². The predicted octanol–water partition coefficient (Wildman–Crippen LogP) is 4.89. The van der Waals surface area contributed by atoms with Gasteiger partial charge >= 0.3 is 0 Å². The molecule has 190 valence electrons. The lowest BCUT2D eigenvalue weighted by Gasteiger charge is -2.19. The fraction of sp³-hybridized carbons (Fsp3) is 0.192. The number of carbonyl (C=O) groups is 3. The topological polar surface area (TPSA) is 124 Å². The Morgan fingerprint density at radius 3 is 2.32 bits per heavy atom. The first-order valence-electron chi connectivity index (χ1n) is 11.4. The number of amidine groups is 1. The minimum absolute atomic E-state index is 0.00549. The summed E-state index contributed by atoms with van der Waals surface area (Å²) in [6.45, 7) is 1.38. The Kier molecular flexibility index (Phi) is 8.37. The summed E-state index contributed by atoms with van der Waals surface area (Å²) < 4.78 is 5.45. The van der Waals surface area contributed by atoms with E-state index in [-0.39, 0.29) is 34.4 Å². The van der Waals surface area contributed by atoms with E-state index in [1.807, 2.05) is 4.90 Å². The number of nitrogens with one attached hydrogen (secondary N) is 3. The summed E-state index contributed by atoms with van der Waals surface area (Å²) in [4.78, 5) is 43.2. The first-order chi connectivity index (χ1) is 17.9. The van der Waals surface area contributed by atoms with Gasteiger partial charge in [0.2, 0.25) is 0 Å². The molecule has 1 aromatic heterocycles. The molecule has 0 bridgehead atoms. The number of aldehydes is 1. The van der Waals surface area contributed by atoms with Crippen LogP contribution in [0.3, 0.4) is 0 Å². The van der Waals surface area contributed by atoms with E-state index in [2.05, 4.69) is 15.6 Å². The molecule has 3 aromatic rings. The van der Waals surface area contributed by atoms with E-state index >= 15 is 0 Å². The number of ether oxygens (including phenoxy) is 1. The Balaban J connectivity index is 1.60. The Labute approximate surface area is 223 Å². The van der Waals surface area contributed by atoms with Gasteiger partial charge in [-0.05, 0) is 43.2 Å². The van der Waals surface area contributed by atoms with Crippen LogP contribution in [0.2, 0.25) is 10.0 Å². The highest BCUT2D eigenvalue weighted by Gasteiger charge is 2.22. The Hall–Kier alpha value is -3.95. The fourth-order valence-corrected chi connectivity index (χ4v) is 4.17. The SMILES string of the molecule is N=C(c1ccc(C(=O)Nc2c(OCC=O)cc(Cl)cc2C(=O)Nc2ccc(Cl)cn2)cc1)N1CCCC1. The zero-order chi connectivity index (χ0) is 26.4. The normalized spacial score (nSPS) is 12.6. The number of carbonyl (C=O) groups excluding carboxylic acids is 3. The van der Waals surface area contributed by atoms with Crippen LogP contribution in [0.5, 0.6) is 5.75 Å². The number of rotatable bonds is 8. The number of anilines is 2. The third-order valence-electron chi connectivity index (χ3n) is 5.67. The van der Waals surface area contributed by atoms with Crippen LogP contribution in [-0.4, -0.2) is 53.5 Å². The lowest BCUT2D eigenvalue weighted by atomic mass is 10.1. The molecule has 1 aliphatic rings. The first-order valence-corrected chi connectivity index (χ1v) is 12.2. The molecule has 2 aromatic carbocycles. The molecule has 0 unspecified atom stereocenters. The molecular formula is C26H23Cl2N5O4. The van der Waals surface area contributed by atoms with Crippen LogP contribution in [0.1, 0.15) is 39.1 Å². The summed E-state index contributed by atoms with van der Waals surface area (Å²) in [5, 5.41) is 14.3. The average Bonchev–Trinajstić information content (AvgIpc) is 3.44. The zero-order valence-corrected chi connectivity index (χ0v) is 21.1. The number of likely N-dealkylation sites (tertiary alicyclic amines) is 1. The quantitative estimate of drug-likeness (QED) is 0.212. The molecule has 0 spiro atoms. The summed E-state index contributed by atoms with van der Waals surface area (Å²) in [5.41, 5.74) is 1.05. The number of hydrogen-bond acceptors (Lipinski definition) is 6. The van der Waals surface area contributed by atoms with Crippen molar-refractivity contribution in [2.75, 3.05) is 30.3 Å². The van der Waals surface area contributed by atoms with Crippen LogP contribution in [0.4, 0.5) is 11.5 Å². The second-order valence-electron chi connectivity index (χ2n) is 8.19. The summed E-state index contributed by atoms with van der Waals surface area (Å²) in [6, 6.07) is 12.5. The van der Waals surface area contributed by atoms with Gasteiger partial charge in [-0.1, -0.05) is 35.3 Å².